The van der Waals surface area contributed by atoms with E-state index in [1.165, 1.54) is 29.7 Å². The van der Waals surface area contributed by atoms with Crippen LogP contribution in [0.3, 0.4) is 0 Å². The quantitative estimate of drug-likeness (QED) is 0.614. The second kappa shape index (κ2) is 3.25. The molecule has 68 valence electrons. The molecule has 1 aliphatic rings. The van der Waals surface area contributed by atoms with Gasteiger partial charge in [0.25, 0.3) is 0 Å². The normalized spacial score (nSPS) is 16.8. The number of aromatic nitrogens is 1. The topological polar surface area (TPSA) is 4.93 Å². The highest BCUT2D eigenvalue weighted by molar-refractivity contribution is 5.77. The Morgan fingerprint density at radius 2 is 2.00 bits per heavy atom. The van der Waals surface area contributed by atoms with E-state index in [1.54, 1.807) is 0 Å². The van der Waals surface area contributed by atoms with Crippen LogP contribution in [0.15, 0.2) is 36.1 Å². The van der Waals surface area contributed by atoms with Gasteiger partial charge in [-0.05, 0) is 43.0 Å². The van der Waals surface area contributed by atoms with Gasteiger partial charge in [-0.3, -0.25) is 0 Å². The smallest absolute Gasteiger partial charge is 0.0476 e. The molecule has 0 saturated heterocycles. The van der Waals surface area contributed by atoms with Gasteiger partial charge >= 0.3 is 0 Å². The predicted octanol–water partition coefficient (Wildman–Crippen LogP) is 3.15. The van der Waals surface area contributed by atoms with Crippen LogP contribution < -0.4 is 0 Å². The Kier molecular flexibility index (Phi) is 2.09. The Morgan fingerprint density at radius 3 is 2.62 bits per heavy atom. The maximum atomic E-state index is 2.34. The van der Waals surface area contributed by atoms with Crippen LogP contribution in [0.4, 0.5) is 0 Å². The number of aryl methyl sites for hydroxylation is 1. The second-order valence-corrected chi connectivity index (χ2v) is 3.59. The first kappa shape index (κ1) is 8.36. The van der Waals surface area contributed by atoms with E-state index in [0.717, 1.165) is 0 Å². The summed E-state index contributed by atoms with van der Waals surface area (Å²) in [7, 11) is 2.10. The molecular formula is C12H15N. The van der Waals surface area contributed by atoms with E-state index in [2.05, 4.69) is 49.0 Å². The van der Waals surface area contributed by atoms with Crippen molar-refractivity contribution in [3.05, 3.63) is 41.7 Å². The molecular weight excluding hydrogens is 158 g/mol. The summed E-state index contributed by atoms with van der Waals surface area (Å²) in [5.74, 6) is 0. The van der Waals surface area contributed by atoms with E-state index < -0.39 is 0 Å². The zero-order valence-corrected chi connectivity index (χ0v) is 8.25. The Hall–Kier alpha value is -1.24. The van der Waals surface area contributed by atoms with Crippen LogP contribution >= 0.6 is 0 Å². The molecule has 0 saturated carbocycles. The molecule has 0 amide bonds. The second-order valence-electron chi connectivity index (χ2n) is 3.59. The molecule has 1 aliphatic carbocycles. The zero-order chi connectivity index (χ0) is 9.26. The van der Waals surface area contributed by atoms with Gasteiger partial charge < -0.3 is 4.57 Å². The van der Waals surface area contributed by atoms with Crippen molar-refractivity contribution >= 4 is 5.57 Å². The zero-order valence-electron chi connectivity index (χ0n) is 8.25. The minimum absolute atomic E-state index is 1.18. The summed E-state index contributed by atoms with van der Waals surface area (Å²) in [6, 6.07) is 4.27. The molecule has 2 rings (SSSR count). The molecule has 0 spiro atoms. The largest absolute Gasteiger partial charge is 0.351 e. The summed E-state index contributed by atoms with van der Waals surface area (Å²) < 4.78 is 2.18. The minimum atomic E-state index is 1.18. The number of allylic oxidation sites excluding steroid dienone is 4. The number of hydrogen-bond donors (Lipinski definition) is 0. The van der Waals surface area contributed by atoms with Crippen LogP contribution in [0, 0.1) is 0 Å². The molecule has 1 nitrogen and oxygen atoms in total. The molecule has 1 heteroatoms. The van der Waals surface area contributed by atoms with Crippen molar-refractivity contribution in [3.8, 4) is 0 Å². The molecule has 0 atom stereocenters. The van der Waals surface area contributed by atoms with Gasteiger partial charge in [0.05, 0.1) is 0 Å². The van der Waals surface area contributed by atoms with Gasteiger partial charge in [-0.25, -0.2) is 0 Å². The van der Waals surface area contributed by atoms with Crippen LogP contribution in [-0.4, -0.2) is 4.57 Å². The number of rotatable bonds is 1. The highest BCUT2D eigenvalue weighted by atomic mass is 14.9. The van der Waals surface area contributed by atoms with Crippen LogP contribution in [-0.2, 0) is 7.05 Å². The number of nitrogens with zero attached hydrogens (tertiary/aromatic N) is 1. The van der Waals surface area contributed by atoms with Crippen molar-refractivity contribution in [1.29, 1.82) is 0 Å². The summed E-state index contributed by atoms with van der Waals surface area (Å²) in [4.78, 5) is 0. The minimum Gasteiger partial charge on any atom is -0.351 e. The van der Waals surface area contributed by atoms with Gasteiger partial charge in [-0.1, -0.05) is 12.2 Å². The van der Waals surface area contributed by atoms with E-state index in [4.69, 9.17) is 0 Å². The molecule has 13 heavy (non-hydrogen) atoms. The van der Waals surface area contributed by atoms with Crippen molar-refractivity contribution in [2.24, 2.45) is 7.05 Å². The average Bonchev–Trinajstić information content (AvgIpc) is 2.52. The molecule has 0 bridgehead atoms. The third-order valence-electron chi connectivity index (χ3n) is 2.61. The fourth-order valence-electron chi connectivity index (χ4n) is 1.85. The van der Waals surface area contributed by atoms with Crippen LogP contribution in [0.1, 0.15) is 25.5 Å². The van der Waals surface area contributed by atoms with Crippen LogP contribution in [0.2, 0.25) is 0 Å². The Bertz CT molecular complexity index is 366. The van der Waals surface area contributed by atoms with Gasteiger partial charge in [-0.15, -0.1) is 0 Å². The van der Waals surface area contributed by atoms with Crippen molar-refractivity contribution < 1.29 is 0 Å². The number of hydrogen-bond acceptors (Lipinski definition) is 0. The maximum Gasteiger partial charge on any atom is 0.0476 e. The molecule has 0 unspecified atom stereocenters. The Morgan fingerprint density at radius 1 is 1.23 bits per heavy atom. The molecule has 1 aromatic rings. The average molecular weight is 173 g/mol. The fraction of sp³-hybridized carbons (Fsp3) is 0.333. The van der Waals surface area contributed by atoms with Crippen LogP contribution in [0.25, 0.3) is 5.57 Å². The maximum absolute atomic E-state index is 2.34. The third kappa shape index (κ3) is 1.46. The summed E-state index contributed by atoms with van der Waals surface area (Å²) >= 11 is 0. The monoisotopic (exact) mass is 173 g/mol. The highest BCUT2D eigenvalue weighted by Gasteiger charge is 2.08. The van der Waals surface area contributed by atoms with Crippen molar-refractivity contribution in [1.82, 2.24) is 4.57 Å². The molecule has 1 aromatic heterocycles. The van der Waals surface area contributed by atoms with Crippen LogP contribution in [0.5, 0.6) is 0 Å². The molecule has 0 radical (unpaired) electrons. The Balaban J connectivity index is 2.42. The van der Waals surface area contributed by atoms with E-state index in [-0.39, 0.29) is 0 Å². The Labute approximate surface area is 79.4 Å². The lowest BCUT2D eigenvalue weighted by Gasteiger charge is -2.13. The highest BCUT2D eigenvalue weighted by Crippen LogP contribution is 2.27. The van der Waals surface area contributed by atoms with E-state index in [1.807, 2.05) is 0 Å². The van der Waals surface area contributed by atoms with Crippen molar-refractivity contribution in [2.45, 2.75) is 19.8 Å². The van der Waals surface area contributed by atoms with Gasteiger partial charge in [-0.2, -0.15) is 0 Å². The summed E-state index contributed by atoms with van der Waals surface area (Å²) in [6.45, 7) is 2.19. The molecule has 0 aliphatic heterocycles. The van der Waals surface area contributed by atoms with Crippen molar-refractivity contribution in [3.63, 3.8) is 0 Å². The lowest BCUT2D eigenvalue weighted by Crippen LogP contribution is -1.97. The predicted molar refractivity (Wildman–Crippen MR) is 56.4 cm³/mol. The van der Waals surface area contributed by atoms with E-state index in [9.17, 15) is 0 Å². The first-order chi connectivity index (χ1) is 6.29. The standard InChI is InChI=1S/C12H15N/c1-10-6-3-4-7-11(10)12-8-5-9-13(12)2/h5-9H,3-4H2,1-2H3. The lowest BCUT2D eigenvalue weighted by atomic mass is 9.97. The SMILES string of the molecule is CC1=CCCC=C1c1cccn1C. The van der Waals surface area contributed by atoms with E-state index in [0.29, 0.717) is 0 Å². The summed E-state index contributed by atoms with van der Waals surface area (Å²) in [5.41, 5.74) is 4.14. The van der Waals surface area contributed by atoms with Gasteiger partial charge in [0, 0.05) is 18.9 Å². The van der Waals surface area contributed by atoms with Crippen molar-refractivity contribution in [2.75, 3.05) is 0 Å². The van der Waals surface area contributed by atoms with Gasteiger partial charge in [0.15, 0.2) is 0 Å². The van der Waals surface area contributed by atoms with Gasteiger partial charge in [0.2, 0.25) is 0 Å². The molecule has 0 aromatic carbocycles. The van der Waals surface area contributed by atoms with Gasteiger partial charge in [0.1, 0.15) is 0 Å². The first-order valence-corrected chi connectivity index (χ1v) is 4.78. The molecule has 0 fully saturated rings. The molecule has 0 N–H and O–H groups in total. The lowest BCUT2D eigenvalue weighted by molar-refractivity contribution is 0.902. The van der Waals surface area contributed by atoms with E-state index >= 15 is 0 Å². The molecule has 1 heterocycles. The summed E-state index contributed by atoms with van der Waals surface area (Å²) in [6.07, 6.45) is 9.13. The first-order valence-electron chi connectivity index (χ1n) is 4.78. The third-order valence-corrected chi connectivity index (χ3v) is 2.61. The summed E-state index contributed by atoms with van der Waals surface area (Å²) in [5, 5.41) is 0. The fourth-order valence-corrected chi connectivity index (χ4v) is 1.85.